The fourth-order valence-electron chi connectivity index (χ4n) is 1.99. The molecule has 0 radical (unpaired) electrons. The van der Waals surface area contributed by atoms with E-state index in [1.54, 1.807) is 25.6 Å². The van der Waals surface area contributed by atoms with Crippen LogP contribution >= 0.6 is 0 Å². The maximum atomic E-state index is 9.44. The van der Waals surface area contributed by atoms with E-state index in [4.69, 9.17) is 4.74 Å². The molecule has 0 saturated carbocycles. The molecule has 1 atom stereocenters. The molecule has 1 aromatic heterocycles. The molecule has 0 aliphatic rings. The molecule has 1 aromatic carbocycles. The van der Waals surface area contributed by atoms with Crippen LogP contribution in [0.15, 0.2) is 30.6 Å². The molecule has 1 heterocycles. The van der Waals surface area contributed by atoms with Crippen LogP contribution in [0.5, 0.6) is 5.75 Å². The lowest BCUT2D eigenvalue weighted by molar-refractivity contribution is 0.185. The number of phenolic OH excluding ortho intramolecular Hbond substituents is 1. The smallest absolute Gasteiger partial charge is 0.149 e. The summed E-state index contributed by atoms with van der Waals surface area (Å²) in [4.78, 5) is 0. The standard InChI is InChI=1S/C14H20N4O2/c1-11(14-17-16-10-18(14)6-7-20-2)15-9-12-4-3-5-13(19)8-12/h3-5,8,10-11,15,19H,6-7,9H2,1-2H3. The molecule has 6 heteroatoms. The minimum Gasteiger partial charge on any atom is -0.508 e. The summed E-state index contributed by atoms with van der Waals surface area (Å²) in [6.07, 6.45) is 1.71. The summed E-state index contributed by atoms with van der Waals surface area (Å²) in [5.41, 5.74) is 1.03. The van der Waals surface area contributed by atoms with Crippen molar-refractivity contribution in [1.29, 1.82) is 0 Å². The molecule has 0 spiro atoms. The van der Waals surface area contributed by atoms with Gasteiger partial charge in [0.15, 0.2) is 0 Å². The maximum absolute atomic E-state index is 9.44. The Bertz CT molecular complexity index is 541. The van der Waals surface area contributed by atoms with Gasteiger partial charge in [0.2, 0.25) is 0 Å². The van der Waals surface area contributed by atoms with E-state index in [1.807, 2.05) is 23.6 Å². The highest BCUT2D eigenvalue weighted by Crippen LogP contribution is 2.13. The number of phenols is 1. The van der Waals surface area contributed by atoms with Crippen molar-refractivity contribution in [1.82, 2.24) is 20.1 Å². The summed E-state index contributed by atoms with van der Waals surface area (Å²) in [5, 5.41) is 20.9. The van der Waals surface area contributed by atoms with Gasteiger partial charge in [-0.25, -0.2) is 0 Å². The summed E-state index contributed by atoms with van der Waals surface area (Å²) < 4.78 is 7.04. The molecule has 2 rings (SSSR count). The van der Waals surface area contributed by atoms with E-state index in [-0.39, 0.29) is 11.8 Å². The zero-order valence-electron chi connectivity index (χ0n) is 11.8. The van der Waals surface area contributed by atoms with Crippen molar-refractivity contribution in [3.8, 4) is 5.75 Å². The number of aromatic hydroxyl groups is 1. The number of rotatable bonds is 7. The highest BCUT2D eigenvalue weighted by atomic mass is 16.5. The number of nitrogens with one attached hydrogen (secondary N) is 1. The van der Waals surface area contributed by atoms with Crippen LogP contribution in [0.2, 0.25) is 0 Å². The second-order valence-corrected chi connectivity index (χ2v) is 4.65. The minimum atomic E-state index is 0.0664. The van der Waals surface area contributed by atoms with E-state index in [9.17, 15) is 5.11 Å². The van der Waals surface area contributed by atoms with Gasteiger partial charge in [-0.15, -0.1) is 10.2 Å². The van der Waals surface area contributed by atoms with Crippen molar-refractivity contribution in [3.63, 3.8) is 0 Å². The number of aromatic nitrogens is 3. The molecule has 2 aromatic rings. The Kier molecular flexibility index (Phi) is 5.09. The van der Waals surface area contributed by atoms with Crippen molar-refractivity contribution in [3.05, 3.63) is 42.0 Å². The molecule has 20 heavy (non-hydrogen) atoms. The normalized spacial score (nSPS) is 12.5. The topological polar surface area (TPSA) is 72.2 Å². The van der Waals surface area contributed by atoms with Crippen LogP contribution in [0.1, 0.15) is 24.4 Å². The van der Waals surface area contributed by atoms with Gasteiger partial charge in [0.25, 0.3) is 0 Å². The highest BCUT2D eigenvalue weighted by molar-refractivity contribution is 5.27. The molecule has 6 nitrogen and oxygen atoms in total. The predicted molar refractivity (Wildman–Crippen MR) is 75.3 cm³/mol. The molecular formula is C14H20N4O2. The van der Waals surface area contributed by atoms with Gasteiger partial charge in [-0.1, -0.05) is 12.1 Å². The molecule has 0 fully saturated rings. The third kappa shape index (κ3) is 3.79. The molecule has 0 aliphatic carbocycles. The van der Waals surface area contributed by atoms with Crippen LogP contribution in [0.3, 0.4) is 0 Å². The van der Waals surface area contributed by atoms with Gasteiger partial charge >= 0.3 is 0 Å². The third-order valence-corrected chi connectivity index (χ3v) is 3.09. The average molecular weight is 276 g/mol. The molecule has 1 unspecified atom stereocenters. The van der Waals surface area contributed by atoms with Crippen LogP contribution in [0.4, 0.5) is 0 Å². The average Bonchev–Trinajstić information content (AvgIpc) is 2.91. The lowest BCUT2D eigenvalue weighted by atomic mass is 10.2. The Morgan fingerprint density at radius 1 is 1.45 bits per heavy atom. The first-order valence-electron chi connectivity index (χ1n) is 6.58. The number of hydrogen-bond acceptors (Lipinski definition) is 5. The molecular weight excluding hydrogens is 256 g/mol. The van der Waals surface area contributed by atoms with Crippen molar-refractivity contribution < 1.29 is 9.84 Å². The SMILES string of the molecule is COCCn1cnnc1C(C)NCc1cccc(O)c1. The molecule has 0 bridgehead atoms. The lowest BCUT2D eigenvalue weighted by Gasteiger charge is -2.14. The highest BCUT2D eigenvalue weighted by Gasteiger charge is 2.12. The largest absolute Gasteiger partial charge is 0.508 e. The van der Waals surface area contributed by atoms with E-state index in [1.165, 1.54) is 0 Å². The van der Waals surface area contributed by atoms with Crippen molar-refractivity contribution in [2.45, 2.75) is 26.1 Å². The number of ether oxygens (including phenoxy) is 1. The summed E-state index contributed by atoms with van der Waals surface area (Å²) in [5.74, 6) is 1.16. The Balaban J connectivity index is 1.94. The van der Waals surface area contributed by atoms with Crippen LogP contribution < -0.4 is 5.32 Å². The summed E-state index contributed by atoms with van der Waals surface area (Å²) in [6, 6.07) is 7.27. The monoisotopic (exact) mass is 276 g/mol. The van der Waals surface area contributed by atoms with Crippen LogP contribution in [-0.4, -0.2) is 33.6 Å². The predicted octanol–water partition coefficient (Wildman–Crippen LogP) is 1.48. The van der Waals surface area contributed by atoms with Gasteiger partial charge in [-0.05, 0) is 24.6 Å². The maximum Gasteiger partial charge on any atom is 0.149 e. The van der Waals surface area contributed by atoms with Gasteiger partial charge in [0, 0.05) is 20.2 Å². The molecule has 0 amide bonds. The van der Waals surface area contributed by atoms with Crippen LogP contribution in [0.25, 0.3) is 0 Å². The van der Waals surface area contributed by atoms with E-state index in [2.05, 4.69) is 15.5 Å². The molecule has 2 N–H and O–H groups in total. The first-order valence-corrected chi connectivity index (χ1v) is 6.58. The van der Waals surface area contributed by atoms with Crippen molar-refractivity contribution >= 4 is 0 Å². The second kappa shape index (κ2) is 7.02. The van der Waals surface area contributed by atoms with Crippen LogP contribution in [0, 0.1) is 0 Å². The number of nitrogens with zero attached hydrogens (tertiary/aromatic N) is 3. The van der Waals surface area contributed by atoms with Crippen molar-refractivity contribution in [2.75, 3.05) is 13.7 Å². The van der Waals surface area contributed by atoms with E-state index in [0.717, 1.165) is 17.9 Å². The summed E-state index contributed by atoms with van der Waals surface area (Å²) >= 11 is 0. The first-order chi connectivity index (χ1) is 9.70. The van der Waals surface area contributed by atoms with Gasteiger partial charge in [0.05, 0.1) is 12.6 Å². The van der Waals surface area contributed by atoms with E-state index in [0.29, 0.717) is 13.2 Å². The molecule has 108 valence electrons. The number of methoxy groups -OCH3 is 1. The fourth-order valence-corrected chi connectivity index (χ4v) is 1.99. The first kappa shape index (κ1) is 14.5. The Morgan fingerprint density at radius 2 is 2.30 bits per heavy atom. The molecule has 0 aliphatic heterocycles. The fraction of sp³-hybridized carbons (Fsp3) is 0.429. The van der Waals surface area contributed by atoms with Gasteiger partial charge < -0.3 is 19.7 Å². The second-order valence-electron chi connectivity index (χ2n) is 4.65. The van der Waals surface area contributed by atoms with Gasteiger partial charge in [-0.2, -0.15) is 0 Å². The van der Waals surface area contributed by atoms with Crippen LogP contribution in [-0.2, 0) is 17.8 Å². The number of benzene rings is 1. The summed E-state index contributed by atoms with van der Waals surface area (Å²) in [7, 11) is 1.67. The third-order valence-electron chi connectivity index (χ3n) is 3.09. The van der Waals surface area contributed by atoms with Gasteiger partial charge in [-0.3, -0.25) is 0 Å². The summed E-state index contributed by atoms with van der Waals surface area (Å²) in [6.45, 7) is 4.06. The van der Waals surface area contributed by atoms with E-state index >= 15 is 0 Å². The number of hydrogen-bond donors (Lipinski definition) is 2. The molecule has 0 saturated heterocycles. The lowest BCUT2D eigenvalue weighted by Crippen LogP contribution is -2.22. The Labute approximate surface area is 118 Å². The Morgan fingerprint density at radius 3 is 3.05 bits per heavy atom. The van der Waals surface area contributed by atoms with Gasteiger partial charge in [0.1, 0.15) is 17.9 Å². The minimum absolute atomic E-state index is 0.0664. The zero-order valence-corrected chi connectivity index (χ0v) is 11.8. The van der Waals surface area contributed by atoms with E-state index < -0.39 is 0 Å². The zero-order chi connectivity index (χ0) is 14.4. The quantitative estimate of drug-likeness (QED) is 0.801. The Hall–Kier alpha value is -1.92. The van der Waals surface area contributed by atoms with Crippen molar-refractivity contribution in [2.24, 2.45) is 0 Å².